The van der Waals surface area contributed by atoms with E-state index < -0.39 is 0 Å². The standard InChI is InChI=1S/C18H18N4O2/c1-20-9-7-15(18(20)24)22-10-8-19-16(22)13-11-12-5-3-4-6-14(12)21(2)17(13)23/h3-6,8,10-11,15H,7,9H2,1-2H3. The minimum absolute atomic E-state index is 0.0619. The first-order valence-corrected chi connectivity index (χ1v) is 7.95. The summed E-state index contributed by atoms with van der Waals surface area (Å²) in [5.41, 5.74) is 1.28. The van der Waals surface area contributed by atoms with Gasteiger partial charge in [-0.05, 0) is 23.9 Å². The van der Waals surface area contributed by atoms with Gasteiger partial charge >= 0.3 is 0 Å². The van der Waals surface area contributed by atoms with Crippen LogP contribution in [0.3, 0.4) is 0 Å². The maximum atomic E-state index is 12.8. The van der Waals surface area contributed by atoms with E-state index in [1.165, 1.54) is 0 Å². The normalized spacial score (nSPS) is 17.8. The van der Waals surface area contributed by atoms with Crippen LogP contribution in [0, 0.1) is 0 Å². The average molecular weight is 322 g/mol. The number of aryl methyl sites for hydroxylation is 1. The molecule has 1 unspecified atom stereocenters. The van der Waals surface area contributed by atoms with E-state index in [2.05, 4.69) is 4.98 Å². The van der Waals surface area contributed by atoms with Crippen molar-refractivity contribution < 1.29 is 4.79 Å². The zero-order valence-corrected chi connectivity index (χ0v) is 13.6. The fourth-order valence-electron chi connectivity index (χ4n) is 3.42. The van der Waals surface area contributed by atoms with Crippen LogP contribution in [0.4, 0.5) is 0 Å². The van der Waals surface area contributed by atoms with Gasteiger partial charge in [0, 0.05) is 33.0 Å². The quantitative estimate of drug-likeness (QED) is 0.723. The number of amides is 1. The highest BCUT2D eigenvalue weighted by atomic mass is 16.2. The molecular formula is C18H18N4O2. The van der Waals surface area contributed by atoms with Gasteiger partial charge in [0.15, 0.2) is 0 Å². The van der Waals surface area contributed by atoms with Gasteiger partial charge < -0.3 is 14.0 Å². The number of carbonyl (C=O) groups is 1. The summed E-state index contributed by atoms with van der Waals surface area (Å²) < 4.78 is 3.46. The molecule has 1 saturated heterocycles. The molecule has 0 spiro atoms. The van der Waals surface area contributed by atoms with Crippen molar-refractivity contribution in [3.8, 4) is 11.4 Å². The van der Waals surface area contributed by atoms with Gasteiger partial charge in [-0.1, -0.05) is 18.2 Å². The fourth-order valence-corrected chi connectivity index (χ4v) is 3.42. The first-order chi connectivity index (χ1) is 11.6. The highest BCUT2D eigenvalue weighted by Gasteiger charge is 2.32. The highest BCUT2D eigenvalue weighted by Crippen LogP contribution is 2.27. The molecule has 3 heterocycles. The number of likely N-dealkylation sites (N-methyl/N-ethyl adjacent to an activating group) is 1. The lowest BCUT2D eigenvalue weighted by atomic mass is 10.1. The van der Waals surface area contributed by atoms with Gasteiger partial charge in [0.2, 0.25) is 5.91 Å². The third kappa shape index (κ3) is 2.06. The van der Waals surface area contributed by atoms with Crippen LogP contribution < -0.4 is 5.56 Å². The summed E-state index contributed by atoms with van der Waals surface area (Å²) in [5.74, 6) is 0.613. The number of hydrogen-bond acceptors (Lipinski definition) is 3. The Labute approximate surface area is 139 Å². The molecule has 0 bridgehead atoms. The fraction of sp³-hybridized carbons (Fsp3) is 0.278. The first kappa shape index (κ1) is 14.7. The lowest BCUT2D eigenvalue weighted by Gasteiger charge is -2.15. The predicted octanol–water partition coefficient (Wildman–Crippen LogP) is 1.81. The Morgan fingerprint density at radius 2 is 1.96 bits per heavy atom. The van der Waals surface area contributed by atoms with E-state index >= 15 is 0 Å². The molecule has 0 aliphatic carbocycles. The van der Waals surface area contributed by atoms with Crippen LogP contribution in [0.15, 0.2) is 47.5 Å². The van der Waals surface area contributed by atoms with Gasteiger partial charge in [0.1, 0.15) is 11.9 Å². The Balaban J connectivity index is 1.91. The summed E-state index contributed by atoms with van der Waals surface area (Å²) in [5, 5.41) is 0.971. The molecule has 1 atom stereocenters. The Kier molecular flexibility index (Phi) is 3.26. The van der Waals surface area contributed by atoms with E-state index in [4.69, 9.17) is 0 Å². The Morgan fingerprint density at radius 3 is 2.71 bits per heavy atom. The highest BCUT2D eigenvalue weighted by molar-refractivity contribution is 5.85. The predicted molar refractivity (Wildman–Crippen MR) is 91.7 cm³/mol. The molecule has 1 aliphatic heterocycles. The number of benzene rings is 1. The van der Waals surface area contributed by atoms with Gasteiger partial charge in [-0.3, -0.25) is 9.59 Å². The second-order valence-electron chi connectivity index (χ2n) is 6.20. The molecule has 1 fully saturated rings. The Morgan fingerprint density at radius 1 is 1.17 bits per heavy atom. The minimum Gasteiger partial charge on any atom is -0.344 e. The van der Waals surface area contributed by atoms with Crippen LogP contribution in [0.25, 0.3) is 22.3 Å². The molecule has 1 amide bonds. The van der Waals surface area contributed by atoms with Crippen LogP contribution in [0.2, 0.25) is 0 Å². The zero-order valence-electron chi connectivity index (χ0n) is 13.6. The molecule has 2 aromatic heterocycles. The molecule has 6 heteroatoms. The van der Waals surface area contributed by atoms with Gasteiger partial charge in [0.05, 0.1) is 11.1 Å². The molecule has 1 aliphatic rings. The number of rotatable bonds is 2. The third-order valence-electron chi connectivity index (χ3n) is 4.78. The number of aromatic nitrogens is 3. The second-order valence-corrected chi connectivity index (χ2v) is 6.20. The van der Waals surface area contributed by atoms with Crippen LogP contribution in [0.1, 0.15) is 12.5 Å². The number of nitrogens with zero attached hydrogens (tertiary/aromatic N) is 4. The maximum Gasteiger partial charge on any atom is 0.261 e. The van der Waals surface area contributed by atoms with Gasteiger partial charge in [-0.2, -0.15) is 0 Å². The molecule has 6 nitrogen and oxygen atoms in total. The molecule has 24 heavy (non-hydrogen) atoms. The number of carbonyl (C=O) groups excluding carboxylic acids is 1. The number of pyridine rings is 1. The number of imidazole rings is 1. The van der Waals surface area contributed by atoms with Crippen LogP contribution in [0.5, 0.6) is 0 Å². The molecule has 0 N–H and O–H groups in total. The Bertz CT molecular complexity index is 1000. The van der Waals surface area contributed by atoms with Crippen molar-refractivity contribution >= 4 is 16.8 Å². The zero-order chi connectivity index (χ0) is 16.8. The van der Waals surface area contributed by atoms with Crippen molar-refractivity contribution in [2.24, 2.45) is 7.05 Å². The van der Waals surface area contributed by atoms with Crippen molar-refractivity contribution in [3.63, 3.8) is 0 Å². The number of fused-ring (bicyclic) bond motifs is 1. The lowest BCUT2D eigenvalue weighted by molar-refractivity contribution is -0.129. The third-order valence-corrected chi connectivity index (χ3v) is 4.78. The van der Waals surface area contributed by atoms with E-state index in [9.17, 15) is 9.59 Å². The second kappa shape index (κ2) is 5.33. The maximum absolute atomic E-state index is 12.8. The van der Waals surface area contributed by atoms with E-state index in [0.717, 1.165) is 23.9 Å². The van der Waals surface area contributed by atoms with Gasteiger partial charge in [-0.25, -0.2) is 4.98 Å². The summed E-state index contributed by atoms with van der Waals surface area (Å²) in [6.07, 6.45) is 4.16. The van der Waals surface area contributed by atoms with E-state index in [-0.39, 0.29) is 17.5 Å². The largest absolute Gasteiger partial charge is 0.344 e. The summed E-state index contributed by atoms with van der Waals surface area (Å²) in [4.78, 5) is 31.2. The smallest absolute Gasteiger partial charge is 0.261 e. The van der Waals surface area contributed by atoms with E-state index in [0.29, 0.717) is 11.4 Å². The number of hydrogen-bond donors (Lipinski definition) is 0. The first-order valence-electron chi connectivity index (χ1n) is 7.95. The topological polar surface area (TPSA) is 60.1 Å². The van der Waals surface area contributed by atoms with E-state index in [1.54, 1.807) is 36.0 Å². The van der Waals surface area contributed by atoms with Crippen LogP contribution in [-0.2, 0) is 11.8 Å². The van der Waals surface area contributed by atoms with Crippen LogP contribution >= 0.6 is 0 Å². The van der Waals surface area contributed by atoms with Crippen molar-refractivity contribution in [3.05, 3.63) is 53.1 Å². The molecule has 1 aromatic carbocycles. The molecule has 4 rings (SSSR count). The molecule has 0 saturated carbocycles. The number of likely N-dealkylation sites (tertiary alicyclic amines) is 1. The van der Waals surface area contributed by atoms with E-state index in [1.807, 2.05) is 34.9 Å². The van der Waals surface area contributed by atoms with Crippen molar-refractivity contribution in [1.29, 1.82) is 0 Å². The minimum atomic E-state index is -0.288. The summed E-state index contributed by atoms with van der Waals surface area (Å²) >= 11 is 0. The molecule has 122 valence electrons. The van der Waals surface area contributed by atoms with Crippen molar-refractivity contribution in [2.45, 2.75) is 12.5 Å². The Hall–Kier alpha value is -2.89. The molecule has 0 radical (unpaired) electrons. The lowest BCUT2D eigenvalue weighted by Crippen LogP contribution is -2.26. The molecule has 3 aromatic rings. The van der Waals surface area contributed by atoms with Gasteiger partial charge in [-0.15, -0.1) is 0 Å². The summed E-state index contributed by atoms with van der Waals surface area (Å²) in [6, 6.07) is 9.32. The van der Waals surface area contributed by atoms with Crippen molar-refractivity contribution in [1.82, 2.24) is 19.0 Å². The van der Waals surface area contributed by atoms with Crippen molar-refractivity contribution in [2.75, 3.05) is 13.6 Å². The summed E-state index contributed by atoms with van der Waals surface area (Å²) in [7, 11) is 3.56. The van der Waals surface area contributed by atoms with Crippen LogP contribution in [-0.4, -0.2) is 38.5 Å². The SMILES string of the molecule is CN1CCC(n2ccnc2-c2cc3ccccc3n(C)c2=O)C1=O. The number of para-hydroxylation sites is 1. The monoisotopic (exact) mass is 322 g/mol. The molecular weight excluding hydrogens is 304 g/mol. The average Bonchev–Trinajstić information content (AvgIpc) is 3.18. The summed E-state index contributed by atoms with van der Waals surface area (Å²) in [6.45, 7) is 0.719. The van der Waals surface area contributed by atoms with Gasteiger partial charge in [0.25, 0.3) is 5.56 Å².